The highest BCUT2D eigenvalue weighted by Crippen LogP contribution is 2.29. The van der Waals surface area contributed by atoms with Gasteiger partial charge in [0.1, 0.15) is 17.6 Å². The van der Waals surface area contributed by atoms with Crippen molar-refractivity contribution in [2.45, 2.75) is 13.2 Å². The van der Waals surface area contributed by atoms with Crippen LogP contribution in [0, 0.1) is 12.5 Å². The fourth-order valence-corrected chi connectivity index (χ4v) is 1.39. The summed E-state index contributed by atoms with van der Waals surface area (Å²) in [5, 5.41) is 9.88. The molecule has 4 heteroatoms. The maximum Gasteiger partial charge on any atom is 0.141 e. The predicted octanol–water partition coefficient (Wildman–Crippen LogP) is 1.65. The summed E-state index contributed by atoms with van der Waals surface area (Å²) in [4.78, 5) is 0. The van der Waals surface area contributed by atoms with Gasteiger partial charge in [0.15, 0.2) is 0 Å². The van der Waals surface area contributed by atoms with Gasteiger partial charge in [-0.1, -0.05) is 6.42 Å². The fraction of sp³-hybridized carbons (Fsp3) is 0.333. The average Bonchev–Trinajstić information content (AvgIpc) is 2.26. The molecule has 0 spiro atoms. The van der Waals surface area contributed by atoms with Crippen molar-refractivity contribution >= 4 is 0 Å². The summed E-state index contributed by atoms with van der Waals surface area (Å²) in [6.07, 6.45) is 7.13. The van der Waals surface area contributed by atoms with Crippen molar-refractivity contribution < 1.29 is 19.3 Å². The summed E-state index contributed by atoms with van der Waals surface area (Å²) in [6, 6.07) is 3.27. The van der Waals surface area contributed by atoms with E-state index in [1.165, 1.54) is 0 Å². The quantitative estimate of drug-likeness (QED) is 0.769. The molecule has 1 aromatic carbocycles. The van der Waals surface area contributed by atoms with Crippen molar-refractivity contribution in [3.8, 4) is 24.0 Å². The van der Waals surface area contributed by atoms with Crippen LogP contribution < -0.4 is 4.74 Å². The minimum Gasteiger partial charge on any atom is -0.507 e. The molecule has 0 aliphatic heterocycles. The lowest BCUT2D eigenvalue weighted by atomic mass is 10.1. The molecule has 0 heterocycles. The molecule has 0 amide bonds. The number of benzene rings is 1. The molecule has 0 aliphatic rings. The molecule has 0 bridgehead atoms. The standard InChI is InChI=1S/C12H14O4/c1-4-16-11-5-9(7-14-2)12(13)10(6-11)8-15-3/h1,5-6,13H,7-8H2,2-3H3. The van der Waals surface area contributed by atoms with E-state index in [9.17, 15) is 5.11 Å². The van der Waals surface area contributed by atoms with Crippen LogP contribution in [0.15, 0.2) is 12.1 Å². The van der Waals surface area contributed by atoms with Crippen molar-refractivity contribution in [3.63, 3.8) is 0 Å². The first-order valence-corrected chi connectivity index (χ1v) is 4.68. The fourth-order valence-electron chi connectivity index (χ4n) is 1.39. The molecule has 0 saturated carbocycles. The first kappa shape index (κ1) is 12.4. The van der Waals surface area contributed by atoms with Gasteiger partial charge in [0.05, 0.1) is 13.2 Å². The SMILES string of the molecule is C#COc1cc(COC)c(O)c(COC)c1. The third-order valence-electron chi connectivity index (χ3n) is 2.02. The van der Waals surface area contributed by atoms with Crippen molar-refractivity contribution in [1.82, 2.24) is 0 Å². The zero-order valence-electron chi connectivity index (χ0n) is 9.32. The number of aromatic hydroxyl groups is 1. The van der Waals surface area contributed by atoms with E-state index >= 15 is 0 Å². The Balaban J connectivity index is 3.11. The molecule has 4 nitrogen and oxygen atoms in total. The number of phenols is 1. The van der Waals surface area contributed by atoms with Gasteiger partial charge in [0, 0.05) is 25.3 Å². The van der Waals surface area contributed by atoms with Crippen molar-refractivity contribution in [3.05, 3.63) is 23.3 Å². The topological polar surface area (TPSA) is 47.9 Å². The molecule has 0 unspecified atom stereocenters. The molecule has 1 rings (SSSR count). The summed E-state index contributed by atoms with van der Waals surface area (Å²) in [7, 11) is 3.09. The van der Waals surface area contributed by atoms with E-state index in [1.54, 1.807) is 26.4 Å². The van der Waals surface area contributed by atoms with Gasteiger partial charge in [0.25, 0.3) is 0 Å². The van der Waals surface area contributed by atoms with Crippen LogP contribution >= 0.6 is 0 Å². The first-order valence-electron chi connectivity index (χ1n) is 4.68. The van der Waals surface area contributed by atoms with Crippen LogP contribution in [0.1, 0.15) is 11.1 Å². The molecule has 16 heavy (non-hydrogen) atoms. The van der Waals surface area contributed by atoms with Crippen LogP contribution in [0.3, 0.4) is 0 Å². The van der Waals surface area contributed by atoms with Gasteiger partial charge in [-0.05, 0) is 12.1 Å². The Hall–Kier alpha value is -1.70. The smallest absolute Gasteiger partial charge is 0.141 e. The third-order valence-corrected chi connectivity index (χ3v) is 2.02. The highest BCUT2D eigenvalue weighted by Gasteiger charge is 2.10. The van der Waals surface area contributed by atoms with E-state index in [1.807, 2.05) is 0 Å². The van der Waals surface area contributed by atoms with Gasteiger partial charge in [-0.25, -0.2) is 0 Å². The van der Waals surface area contributed by atoms with Crippen LogP contribution in [-0.2, 0) is 22.7 Å². The number of terminal acetylenes is 1. The highest BCUT2D eigenvalue weighted by atomic mass is 16.5. The van der Waals surface area contributed by atoms with Gasteiger partial charge >= 0.3 is 0 Å². The Kier molecular flexibility index (Phi) is 4.65. The third kappa shape index (κ3) is 2.89. The Morgan fingerprint density at radius 2 is 1.69 bits per heavy atom. The van der Waals surface area contributed by atoms with Crippen molar-refractivity contribution in [1.29, 1.82) is 0 Å². The molecular weight excluding hydrogens is 208 g/mol. The maximum atomic E-state index is 9.88. The Morgan fingerprint density at radius 3 is 2.06 bits per heavy atom. The summed E-state index contributed by atoms with van der Waals surface area (Å²) in [6.45, 7) is 0.564. The van der Waals surface area contributed by atoms with Gasteiger partial charge in [-0.15, -0.1) is 0 Å². The van der Waals surface area contributed by atoms with E-state index in [0.29, 0.717) is 16.9 Å². The van der Waals surface area contributed by atoms with Crippen LogP contribution in [0.4, 0.5) is 0 Å². The minimum atomic E-state index is 0.146. The van der Waals surface area contributed by atoms with E-state index in [-0.39, 0.29) is 19.0 Å². The van der Waals surface area contributed by atoms with Crippen LogP contribution in [0.2, 0.25) is 0 Å². The lowest BCUT2D eigenvalue weighted by molar-refractivity contribution is 0.174. The van der Waals surface area contributed by atoms with Gasteiger partial charge < -0.3 is 19.3 Å². The van der Waals surface area contributed by atoms with E-state index < -0.39 is 0 Å². The second-order valence-electron chi connectivity index (χ2n) is 3.18. The molecule has 0 fully saturated rings. The zero-order valence-corrected chi connectivity index (χ0v) is 9.32. The Bertz CT molecular complexity index is 365. The number of rotatable bonds is 5. The molecule has 86 valence electrons. The van der Waals surface area contributed by atoms with E-state index in [4.69, 9.17) is 20.6 Å². The highest BCUT2D eigenvalue weighted by molar-refractivity contribution is 5.46. The Labute approximate surface area is 94.8 Å². The van der Waals surface area contributed by atoms with Crippen LogP contribution in [0.25, 0.3) is 0 Å². The number of phenolic OH excluding ortho intramolecular Hbond substituents is 1. The summed E-state index contributed by atoms with van der Waals surface area (Å²) >= 11 is 0. The normalized spacial score (nSPS) is 9.81. The summed E-state index contributed by atoms with van der Waals surface area (Å²) in [5.74, 6) is 0.632. The monoisotopic (exact) mass is 222 g/mol. The number of hydrogen-bond acceptors (Lipinski definition) is 4. The second-order valence-corrected chi connectivity index (χ2v) is 3.18. The van der Waals surface area contributed by atoms with Crippen molar-refractivity contribution in [2.75, 3.05) is 14.2 Å². The second kappa shape index (κ2) is 6.01. The van der Waals surface area contributed by atoms with Crippen LogP contribution in [-0.4, -0.2) is 19.3 Å². The Morgan fingerprint density at radius 1 is 1.19 bits per heavy atom. The number of hydrogen-bond donors (Lipinski definition) is 1. The predicted molar refractivity (Wildman–Crippen MR) is 59.0 cm³/mol. The number of ether oxygens (including phenoxy) is 3. The molecule has 0 aromatic heterocycles. The largest absolute Gasteiger partial charge is 0.507 e. The average molecular weight is 222 g/mol. The molecule has 0 saturated heterocycles. The van der Waals surface area contributed by atoms with Gasteiger partial charge in [-0.3, -0.25) is 0 Å². The van der Waals surface area contributed by atoms with E-state index in [0.717, 1.165) is 0 Å². The van der Waals surface area contributed by atoms with Crippen LogP contribution in [0.5, 0.6) is 11.5 Å². The minimum absolute atomic E-state index is 0.146. The van der Waals surface area contributed by atoms with Gasteiger partial charge in [-0.2, -0.15) is 0 Å². The maximum absolute atomic E-state index is 9.88. The lowest BCUT2D eigenvalue weighted by Gasteiger charge is -2.10. The molecule has 1 aromatic rings. The first-order chi connectivity index (χ1) is 7.72. The zero-order chi connectivity index (χ0) is 12.0. The molecule has 0 atom stereocenters. The molecular formula is C12H14O4. The van der Waals surface area contributed by atoms with E-state index in [2.05, 4.69) is 6.11 Å². The van der Waals surface area contributed by atoms with Gasteiger partial charge in [0.2, 0.25) is 0 Å². The number of methoxy groups -OCH3 is 2. The lowest BCUT2D eigenvalue weighted by Crippen LogP contribution is -1.96. The molecule has 0 radical (unpaired) electrons. The molecule has 0 aliphatic carbocycles. The molecule has 1 N–H and O–H groups in total. The summed E-state index contributed by atoms with van der Waals surface area (Å²) < 4.78 is 14.9. The summed E-state index contributed by atoms with van der Waals surface area (Å²) in [5.41, 5.74) is 1.23. The van der Waals surface area contributed by atoms with Crippen molar-refractivity contribution in [2.24, 2.45) is 0 Å².